The van der Waals surface area contributed by atoms with Gasteiger partial charge in [0.2, 0.25) is 5.78 Å². The van der Waals surface area contributed by atoms with Crippen LogP contribution in [0.5, 0.6) is 0 Å². The summed E-state index contributed by atoms with van der Waals surface area (Å²) in [5.74, 6) is 0.918. The third-order valence-corrected chi connectivity index (χ3v) is 4.23. The molecule has 4 heteroatoms. The molecule has 2 aromatic heterocycles. The first-order valence-electron chi connectivity index (χ1n) is 7.48. The first kappa shape index (κ1) is 13.9. The van der Waals surface area contributed by atoms with E-state index in [2.05, 4.69) is 37.7 Å². The van der Waals surface area contributed by atoms with Gasteiger partial charge in [0.1, 0.15) is 0 Å². The Bertz CT molecular complexity index is 900. The van der Waals surface area contributed by atoms with E-state index < -0.39 is 0 Å². The number of hydrogen-bond acceptors (Lipinski definition) is 2. The second-order valence-corrected chi connectivity index (χ2v) is 6.03. The molecule has 1 N–H and O–H groups in total. The van der Waals surface area contributed by atoms with Crippen LogP contribution >= 0.6 is 0 Å². The van der Waals surface area contributed by atoms with E-state index in [0.717, 1.165) is 28.7 Å². The molecular weight excluding hydrogens is 262 g/mol. The average molecular weight is 283 g/mol. The van der Waals surface area contributed by atoms with Crippen LogP contribution in [0.1, 0.15) is 49.1 Å². The summed E-state index contributed by atoms with van der Waals surface area (Å²) < 4.78 is 1.71. The predicted molar refractivity (Wildman–Crippen MR) is 86.3 cm³/mol. The lowest BCUT2D eigenvalue weighted by Gasteiger charge is -2.11. The molecule has 4 nitrogen and oxygen atoms in total. The number of imidazole rings is 1. The number of fused-ring (bicyclic) bond motifs is 3. The quantitative estimate of drug-likeness (QED) is 0.782. The number of aryl methyl sites for hydroxylation is 2. The van der Waals surface area contributed by atoms with Crippen molar-refractivity contribution in [2.24, 2.45) is 0 Å². The van der Waals surface area contributed by atoms with Crippen LogP contribution in [0.4, 0.5) is 0 Å². The standard InChI is InChI=1S/C17H21N3O/c1-6-12-15(9(2)3)19-17-18-13-7-10(4)11(5)8-14(13)20(17)16(12)21/h7-9H,6H2,1-5H3,(H,18,19). The molecule has 0 aliphatic carbocycles. The molecule has 0 unspecified atom stereocenters. The number of rotatable bonds is 2. The van der Waals surface area contributed by atoms with E-state index in [0.29, 0.717) is 5.78 Å². The SMILES string of the molecule is CCc1c(C(C)C)[nH]c2nc3cc(C)c(C)cc3n2c1=O. The zero-order valence-electron chi connectivity index (χ0n) is 13.2. The van der Waals surface area contributed by atoms with Gasteiger partial charge in [-0.05, 0) is 49.4 Å². The van der Waals surface area contributed by atoms with Crippen molar-refractivity contribution in [2.75, 3.05) is 0 Å². The number of benzene rings is 1. The normalized spacial score (nSPS) is 11.9. The molecule has 1 aromatic carbocycles. The molecule has 21 heavy (non-hydrogen) atoms. The van der Waals surface area contributed by atoms with Crippen molar-refractivity contribution in [2.45, 2.75) is 47.0 Å². The molecule has 0 saturated heterocycles. The van der Waals surface area contributed by atoms with Crippen molar-refractivity contribution in [1.82, 2.24) is 14.4 Å². The van der Waals surface area contributed by atoms with E-state index in [1.165, 1.54) is 11.1 Å². The molecule has 3 rings (SSSR count). The molecule has 110 valence electrons. The van der Waals surface area contributed by atoms with Crippen LogP contribution in [0.25, 0.3) is 16.8 Å². The third-order valence-electron chi connectivity index (χ3n) is 4.23. The molecule has 0 amide bonds. The van der Waals surface area contributed by atoms with E-state index in [1.54, 1.807) is 4.40 Å². The Hall–Kier alpha value is -2.10. The van der Waals surface area contributed by atoms with E-state index in [4.69, 9.17) is 0 Å². The zero-order chi connectivity index (χ0) is 15.3. The van der Waals surface area contributed by atoms with Gasteiger partial charge in [-0.3, -0.25) is 4.79 Å². The molecule has 3 aromatic rings. The van der Waals surface area contributed by atoms with Crippen molar-refractivity contribution in [3.63, 3.8) is 0 Å². The molecule has 0 spiro atoms. The zero-order valence-corrected chi connectivity index (χ0v) is 13.2. The maximum atomic E-state index is 12.9. The van der Waals surface area contributed by atoms with Crippen LogP contribution in [0.15, 0.2) is 16.9 Å². The van der Waals surface area contributed by atoms with E-state index in [-0.39, 0.29) is 11.5 Å². The number of nitrogens with zero attached hydrogens (tertiary/aromatic N) is 2. The van der Waals surface area contributed by atoms with Crippen LogP contribution in [0.2, 0.25) is 0 Å². The Morgan fingerprint density at radius 2 is 1.90 bits per heavy atom. The molecule has 2 heterocycles. The molecule has 0 aliphatic rings. The van der Waals surface area contributed by atoms with Gasteiger partial charge in [-0.1, -0.05) is 20.8 Å². The summed E-state index contributed by atoms with van der Waals surface area (Å²) in [6.07, 6.45) is 0.725. The lowest BCUT2D eigenvalue weighted by atomic mass is 10.0. The minimum Gasteiger partial charge on any atom is -0.328 e. The van der Waals surface area contributed by atoms with Crippen LogP contribution in [0.3, 0.4) is 0 Å². The highest BCUT2D eigenvalue weighted by atomic mass is 16.1. The van der Waals surface area contributed by atoms with Gasteiger partial charge in [0.15, 0.2) is 0 Å². The summed E-state index contributed by atoms with van der Waals surface area (Å²) in [5.41, 5.74) is 6.04. The first-order valence-corrected chi connectivity index (χ1v) is 7.48. The molecule has 0 atom stereocenters. The van der Waals surface area contributed by atoms with Crippen LogP contribution in [-0.2, 0) is 6.42 Å². The van der Waals surface area contributed by atoms with Gasteiger partial charge >= 0.3 is 0 Å². The van der Waals surface area contributed by atoms with Gasteiger partial charge in [0.25, 0.3) is 5.56 Å². The van der Waals surface area contributed by atoms with Gasteiger partial charge in [-0.15, -0.1) is 0 Å². The number of aromatic nitrogens is 3. The van der Waals surface area contributed by atoms with Crippen LogP contribution in [0, 0.1) is 13.8 Å². The predicted octanol–water partition coefficient (Wildman–Crippen LogP) is 3.48. The maximum absolute atomic E-state index is 12.9. The Balaban J connectivity index is 2.52. The monoisotopic (exact) mass is 283 g/mol. The summed E-state index contributed by atoms with van der Waals surface area (Å²) in [6.45, 7) is 10.3. The summed E-state index contributed by atoms with van der Waals surface area (Å²) in [4.78, 5) is 20.8. The Morgan fingerprint density at radius 1 is 1.24 bits per heavy atom. The molecular formula is C17H21N3O. The van der Waals surface area contributed by atoms with Crippen LogP contribution in [-0.4, -0.2) is 14.4 Å². The van der Waals surface area contributed by atoms with Crippen molar-refractivity contribution in [3.8, 4) is 0 Å². The number of H-pyrrole nitrogens is 1. The highest BCUT2D eigenvalue weighted by molar-refractivity contribution is 5.81. The van der Waals surface area contributed by atoms with E-state index in [1.807, 2.05) is 19.1 Å². The summed E-state index contributed by atoms with van der Waals surface area (Å²) >= 11 is 0. The lowest BCUT2D eigenvalue weighted by Crippen LogP contribution is -2.22. The van der Waals surface area contributed by atoms with Gasteiger partial charge in [-0.2, -0.15) is 0 Å². The highest BCUT2D eigenvalue weighted by Gasteiger charge is 2.16. The van der Waals surface area contributed by atoms with E-state index in [9.17, 15) is 4.79 Å². The Kier molecular flexibility index (Phi) is 3.12. The first-order chi connectivity index (χ1) is 9.93. The largest absolute Gasteiger partial charge is 0.328 e. The Morgan fingerprint density at radius 3 is 2.52 bits per heavy atom. The summed E-state index contributed by atoms with van der Waals surface area (Å²) in [5, 5.41) is 0. The van der Waals surface area contributed by atoms with Crippen LogP contribution < -0.4 is 5.56 Å². The van der Waals surface area contributed by atoms with Crippen molar-refractivity contribution < 1.29 is 0 Å². The summed E-state index contributed by atoms with van der Waals surface area (Å²) in [6, 6.07) is 4.10. The average Bonchev–Trinajstić information content (AvgIpc) is 2.76. The number of hydrogen-bond donors (Lipinski definition) is 1. The van der Waals surface area contributed by atoms with Gasteiger partial charge in [0, 0.05) is 11.3 Å². The van der Waals surface area contributed by atoms with Crippen molar-refractivity contribution >= 4 is 16.8 Å². The van der Waals surface area contributed by atoms with Gasteiger partial charge in [-0.25, -0.2) is 9.38 Å². The number of aromatic amines is 1. The topological polar surface area (TPSA) is 50.2 Å². The van der Waals surface area contributed by atoms with Gasteiger partial charge < -0.3 is 4.98 Å². The minimum atomic E-state index is 0.0562. The van der Waals surface area contributed by atoms with Crippen molar-refractivity contribution in [3.05, 3.63) is 44.9 Å². The molecule has 0 radical (unpaired) electrons. The molecule has 0 bridgehead atoms. The lowest BCUT2D eigenvalue weighted by molar-refractivity contribution is 0.783. The number of nitrogens with one attached hydrogen (secondary N) is 1. The third kappa shape index (κ3) is 1.97. The second kappa shape index (κ2) is 4.72. The highest BCUT2D eigenvalue weighted by Crippen LogP contribution is 2.22. The minimum absolute atomic E-state index is 0.0562. The molecule has 0 fully saturated rings. The fourth-order valence-corrected chi connectivity index (χ4v) is 2.90. The maximum Gasteiger partial charge on any atom is 0.262 e. The fourth-order valence-electron chi connectivity index (χ4n) is 2.90. The van der Waals surface area contributed by atoms with E-state index >= 15 is 0 Å². The Labute approximate surface area is 123 Å². The smallest absolute Gasteiger partial charge is 0.262 e. The van der Waals surface area contributed by atoms with Crippen molar-refractivity contribution in [1.29, 1.82) is 0 Å². The molecule has 0 saturated carbocycles. The summed E-state index contributed by atoms with van der Waals surface area (Å²) in [7, 11) is 0. The second-order valence-electron chi connectivity index (χ2n) is 6.03. The molecule has 0 aliphatic heterocycles. The fraction of sp³-hybridized carbons (Fsp3) is 0.412. The van der Waals surface area contributed by atoms with Gasteiger partial charge in [0.05, 0.1) is 11.0 Å².